The lowest BCUT2D eigenvalue weighted by Crippen LogP contribution is -2.23. The van der Waals surface area contributed by atoms with Gasteiger partial charge in [0.1, 0.15) is 17.2 Å². The lowest BCUT2D eigenvalue weighted by molar-refractivity contribution is 0.724. The second-order valence-electron chi connectivity index (χ2n) is 4.39. The minimum absolute atomic E-state index is 0.322. The van der Waals surface area contributed by atoms with Crippen LogP contribution in [0.5, 0.6) is 0 Å². The SMILES string of the molecule is Nc1ncnc(N2CCCC2c2ccc(Br)s2)c1Cl. The summed E-state index contributed by atoms with van der Waals surface area (Å²) in [6.45, 7) is 0.941. The number of aromatic nitrogens is 2. The molecule has 2 aromatic rings. The van der Waals surface area contributed by atoms with Crippen molar-refractivity contribution < 1.29 is 0 Å². The minimum atomic E-state index is 0.322. The monoisotopic (exact) mass is 358 g/mol. The molecule has 1 saturated heterocycles. The van der Waals surface area contributed by atoms with Crippen LogP contribution >= 0.6 is 38.9 Å². The fraction of sp³-hybridized carbons (Fsp3) is 0.333. The lowest BCUT2D eigenvalue weighted by Gasteiger charge is -2.25. The van der Waals surface area contributed by atoms with Gasteiger partial charge in [0.05, 0.1) is 9.83 Å². The van der Waals surface area contributed by atoms with E-state index < -0.39 is 0 Å². The molecule has 3 heterocycles. The first kappa shape index (κ1) is 13.1. The highest BCUT2D eigenvalue weighted by Gasteiger charge is 2.30. The molecule has 19 heavy (non-hydrogen) atoms. The van der Waals surface area contributed by atoms with E-state index in [1.807, 2.05) is 0 Å². The number of thiophene rings is 1. The van der Waals surface area contributed by atoms with Crippen molar-refractivity contribution in [2.75, 3.05) is 17.2 Å². The number of nitrogens with two attached hydrogens (primary N) is 1. The molecule has 7 heteroatoms. The van der Waals surface area contributed by atoms with Crippen LogP contribution in [0.2, 0.25) is 5.02 Å². The van der Waals surface area contributed by atoms with Crippen LogP contribution in [0.15, 0.2) is 22.2 Å². The number of hydrogen-bond acceptors (Lipinski definition) is 5. The van der Waals surface area contributed by atoms with Crippen LogP contribution in [0.25, 0.3) is 0 Å². The van der Waals surface area contributed by atoms with Crippen LogP contribution in [-0.2, 0) is 0 Å². The smallest absolute Gasteiger partial charge is 0.153 e. The van der Waals surface area contributed by atoms with Gasteiger partial charge in [-0.05, 0) is 40.9 Å². The van der Waals surface area contributed by atoms with E-state index >= 15 is 0 Å². The van der Waals surface area contributed by atoms with Crippen LogP contribution in [-0.4, -0.2) is 16.5 Å². The zero-order valence-electron chi connectivity index (χ0n) is 10.0. The highest BCUT2D eigenvalue weighted by molar-refractivity contribution is 9.11. The van der Waals surface area contributed by atoms with Gasteiger partial charge in [-0.1, -0.05) is 11.6 Å². The molecule has 1 fully saturated rings. The van der Waals surface area contributed by atoms with Crippen molar-refractivity contribution in [3.63, 3.8) is 0 Å². The summed E-state index contributed by atoms with van der Waals surface area (Å²) in [7, 11) is 0. The van der Waals surface area contributed by atoms with E-state index in [4.69, 9.17) is 17.3 Å². The first-order chi connectivity index (χ1) is 9.16. The summed E-state index contributed by atoms with van der Waals surface area (Å²) >= 11 is 11.5. The summed E-state index contributed by atoms with van der Waals surface area (Å²) in [6, 6.07) is 4.55. The Balaban J connectivity index is 1.97. The van der Waals surface area contributed by atoms with Crippen molar-refractivity contribution in [3.8, 4) is 0 Å². The van der Waals surface area contributed by atoms with E-state index in [-0.39, 0.29) is 0 Å². The Labute approximate surface area is 128 Å². The Morgan fingerprint density at radius 3 is 3.00 bits per heavy atom. The summed E-state index contributed by atoms with van der Waals surface area (Å²) in [4.78, 5) is 11.8. The molecule has 2 N–H and O–H groups in total. The lowest BCUT2D eigenvalue weighted by atomic mass is 10.2. The van der Waals surface area contributed by atoms with Crippen LogP contribution < -0.4 is 10.6 Å². The molecular formula is C12H12BrClN4S. The molecule has 0 aromatic carbocycles. The number of nitrogens with zero attached hydrogens (tertiary/aromatic N) is 3. The standard InChI is InChI=1S/C12H12BrClN4S/c13-9-4-3-8(19-9)7-2-1-5-18(7)12-10(14)11(15)16-6-17-12/h3-4,6-7H,1-2,5H2,(H2,15,16,17). The second kappa shape index (κ2) is 5.26. The van der Waals surface area contributed by atoms with Gasteiger partial charge in [0.2, 0.25) is 0 Å². The van der Waals surface area contributed by atoms with Gasteiger partial charge < -0.3 is 10.6 Å². The molecule has 1 aliphatic heterocycles. The molecule has 3 rings (SSSR count). The third kappa shape index (κ3) is 2.44. The molecule has 1 atom stereocenters. The maximum absolute atomic E-state index is 6.23. The predicted molar refractivity (Wildman–Crippen MR) is 82.8 cm³/mol. The molecule has 2 aromatic heterocycles. The van der Waals surface area contributed by atoms with Gasteiger partial charge in [-0.2, -0.15) is 0 Å². The van der Waals surface area contributed by atoms with Crippen molar-refractivity contribution in [1.82, 2.24) is 9.97 Å². The Morgan fingerprint density at radius 2 is 2.26 bits per heavy atom. The summed E-state index contributed by atoms with van der Waals surface area (Å²) < 4.78 is 1.14. The average Bonchev–Trinajstić information content (AvgIpc) is 3.01. The summed E-state index contributed by atoms with van der Waals surface area (Å²) in [5.41, 5.74) is 5.76. The fourth-order valence-electron chi connectivity index (χ4n) is 2.40. The van der Waals surface area contributed by atoms with Crippen molar-refractivity contribution in [1.29, 1.82) is 0 Å². The molecule has 1 aliphatic rings. The van der Waals surface area contributed by atoms with Crippen LogP contribution in [0.1, 0.15) is 23.8 Å². The average molecular weight is 360 g/mol. The van der Waals surface area contributed by atoms with Crippen molar-refractivity contribution in [3.05, 3.63) is 32.1 Å². The number of halogens is 2. The van der Waals surface area contributed by atoms with Gasteiger partial charge in [-0.25, -0.2) is 9.97 Å². The molecule has 100 valence electrons. The van der Waals surface area contributed by atoms with Gasteiger partial charge in [0, 0.05) is 11.4 Å². The van der Waals surface area contributed by atoms with E-state index in [2.05, 4.69) is 42.9 Å². The normalized spacial score (nSPS) is 19.1. The van der Waals surface area contributed by atoms with Crippen LogP contribution in [0, 0.1) is 0 Å². The van der Waals surface area contributed by atoms with E-state index in [9.17, 15) is 0 Å². The third-order valence-corrected chi connectivity index (χ3v) is 5.33. The van der Waals surface area contributed by atoms with Gasteiger partial charge in [-0.15, -0.1) is 11.3 Å². The number of hydrogen-bond donors (Lipinski definition) is 1. The predicted octanol–water partition coefficient (Wildman–Crippen LogP) is 3.88. The zero-order chi connectivity index (χ0) is 13.4. The zero-order valence-corrected chi connectivity index (χ0v) is 13.2. The van der Waals surface area contributed by atoms with Gasteiger partial charge in [-0.3, -0.25) is 0 Å². The number of nitrogen functional groups attached to an aromatic ring is 1. The van der Waals surface area contributed by atoms with Crippen molar-refractivity contribution >= 4 is 50.5 Å². The van der Waals surface area contributed by atoms with Gasteiger partial charge in [0.15, 0.2) is 5.82 Å². The maximum Gasteiger partial charge on any atom is 0.153 e. The molecule has 0 spiro atoms. The molecule has 0 saturated carbocycles. The van der Waals surface area contributed by atoms with E-state index in [0.29, 0.717) is 16.9 Å². The van der Waals surface area contributed by atoms with E-state index in [1.54, 1.807) is 11.3 Å². The second-order valence-corrected chi connectivity index (χ2v) is 7.26. The molecule has 4 nitrogen and oxygen atoms in total. The summed E-state index contributed by atoms with van der Waals surface area (Å²) in [5.74, 6) is 1.07. The first-order valence-electron chi connectivity index (χ1n) is 5.94. The molecular weight excluding hydrogens is 348 g/mol. The Hall–Kier alpha value is -0.850. The minimum Gasteiger partial charge on any atom is -0.382 e. The number of rotatable bonds is 2. The van der Waals surface area contributed by atoms with Crippen LogP contribution in [0.4, 0.5) is 11.6 Å². The summed E-state index contributed by atoms with van der Waals surface area (Å²) in [5, 5.41) is 0.449. The molecule has 1 unspecified atom stereocenters. The third-order valence-electron chi connectivity index (χ3n) is 3.25. The largest absolute Gasteiger partial charge is 0.382 e. The van der Waals surface area contributed by atoms with Crippen LogP contribution in [0.3, 0.4) is 0 Å². The molecule has 0 aliphatic carbocycles. The van der Waals surface area contributed by atoms with E-state index in [1.165, 1.54) is 11.2 Å². The Kier molecular flexibility index (Phi) is 3.64. The molecule has 0 amide bonds. The molecule has 0 bridgehead atoms. The Morgan fingerprint density at radius 1 is 1.42 bits per heavy atom. The maximum atomic E-state index is 6.23. The quantitative estimate of drug-likeness (QED) is 0.884. The summed E-state index contributed by atoms with van der Waals surface area (Å²) in [6.07, 6.45) is 3.70. The topological polar surface area (TPSA) is 55.0 Å². The number of anilines is 2. The van der Waals surface area contributed by atoms with Gasteiger partial charge in [0.25, 0.3) is 0 Å². The van der Waals surface area contributed by atoms with E-state index in [0.717, 1.165) is 29.0 Å². The molecule has 0 radical (unpaired) electrons. The van der Waals surface area contributed by atoms with Crippen molar-refractivity contribution in [2.45, 2.75) is 18.9 Å². The Bertz CT molecular complexity index is 603. The fourth-order valence-corrected chi connectivity index (χ4v) is 4.17. The highest BCUT2D eigenvalue weighted by Crippen LogP contribution is 2.41. The highest BCUT2D eigenvalue weighted by atomic mass is 79.9. The van der Waals surface area contributed by atoms with Crippen molar-refractivity contribution in [2.24, 2.45) is 0 Å². The first-order valence-corrected chi connectivity index (χ1v) is 7.93. The van der Waals surface area contributed by atoms with Gasteiger partial charge >= 0.3 is 0 Å².